The number of amides is 1. The Kier molecular flexibility index (Phi) is 5.84. The molecule has 1 unspecified atom stereocenters. The van der Waals surface area contributed by atoms with Gasteiger partial charge in [0.1, 0.15) is 0 Å². The number of benzene rings is 2. The Balaban J connectivity index is 1.53. The summed E-state index contributed by atoms with van der Waals surface area (Å²) in [4.78, 5) is 15.7. The monoisotopic (exact) mass is 438 g/mol. The van der Waals surface area contributed by atoms with Crippen LogP contribution in [0, 0.1) is 5.41 Å². The minimum Gasteiger partial charge on any atom is -0.504 e. The van der Waals surface area contributed by atoms with Crippen LogP contribution < -0.4 is 10.2 Å². The second kappa shape index (κ2) is 8.32. The zero-order valence-corrected chi connectivity index (χ0v) is 19.4. The van der Waals surface area contributed by atoms with E-state index in [1.54, 1.807) is 13.2 Å². The molecule has 1 amide bonds. The number of nitrogens with zero attached hydrogens (tertiary/aromatic N) is 1. The molecule has 0 radical (unpaired) electrons. The lowest BCUT2D eigenvalue weighted by atomic mass is 9.84. The molecule has 2 aromatic carbocycles. The van der Waals surface area contributed by atoms with Crippen molar-refractivity contribution in [2.24, 2.45) is 5.41 Å². The van der Waals surface area contributed by atoms with E-state index in [-0.39, 0.29) is 22.8 Å². The summed E-state index contributed by atoms with van der Waals surface area (Å²) in [5, 5.41) is 22.6. The van der Waals surface area contributed by atoms with Gasteiger partial charge in [-0.15, -0.1) is 0 Å². The van der Waals surface area contributed by atoms with Crippen LogP contribution >= 0.6 is 0 Å². The number of carbonyl (C=O) groups is 1. The molecular formula is C26H34N2O4. The molecular weight excluding hydrogens is 404 g/mol. The highest BCUT2D eigenvalue weighted by atomic mass is 16.5. The predicted octanol–water partition coefficient (Wildman–Crippen LogP) is 4.58. The van der Waals surface area contributed by atoms with E-state index < -0.39 is 5.41 Å². The quantitative estimate of drug-likeness (QED) is 0.435. The van der Waals surface area contributed by atoms with E-state index in [1.165, 1.54) is 23.4 Å². The van der Waals surface area contributed by atoms with Gasteiger partial charge in [0.05, 0.1) is 5.41 Å². The number of phenolic OH excluding ortho intramolecular Hbond substituents is 2. The molecule has 1 heterocycles. The molecule has 6 nitrogen and oxygen atoms in total. The molecule has 0 saturated heterocycles. The van der Waals surface area contributed by atoms with Crippen LogP contribution in [0.3, 0.4) is 0 Å². The summed E-state index contributed by atoms with van der Waals surface area (Å²) in [6, 6.07) is 11.3. The van der Waals surface area contributed by atoms with Crippen molar-refractivity contribution in [2.45, 2.75) is 57.9 Å². The zero-order chi connectivity index (χ0) is 23.1. The van der Waals surface area contributed by atoms with Crippen molar-refractivity contribution in [1.82, 2.24) is 0 Å². The fourth-order valence-electron chi connectivity index (χ4n) is 4.87. The lowest BCUT2D eigenvalue weighted by Gasteiger charge is -2.37. The van der Waals surface area contributed by atoms with Crippen molar-refractivity contribution in [2.75, 3.05) is 30.5 Å². The van der Waals surface area contributed by atoms with Crippen molar-refractivity contribution < 1.29 is 19.7 Å². The first-order chi connectivity index (χ1) is 15.2. The molecule has 1 fully saturated rings. The van der Waals surface area contributed by atoms with Crippen LogP contribution in [0.25, 0.3) is 0 Å². The molecule has 3 N–H and O–H groups in total. The summed E-state index contributed by atoms with van der Waals surface area (Å²) >= 11 is 0. The topological polar surface area (TPSA) is 82.0 Å². The molecule has 32 heavy (non-hydrogen) atoms. The first-order valence-corrected chi connectivity index (χ1v) is 11.4. The number of aromatic hydroxyl groups is 2. The average Bonchev–Trinajstić information content (AvgIpc) is 3.46. The van der Waals surface area contributed by atoms with Crippen molar-refractivity contribution in [3.05, 3.63) is 47.5 Å². The van der Waals surface area contributed by atoms with Crippen molar-refractivity contribution in [1.29, 1.82) is 0 Å². The number of anilines is 2. The SMILES string of the molecule is COCCCN1c2ccc(NC(=O)C3(c4ccc(O)c(O)c4)CC3)cc2CC1C(C)(C)C. The number of ether oxygens (including phenoxy) is 1. The van der Waals surface area contributed by atoms with E-state index in [0.717, 1.165) is 50.1 Å². The van der Waals surface area contributed by atoms with Gasteiger partial charge in [-0.05, 0) is 72.6 Å². The highest BCUT2D eigenvalue weighted by Gasteiger charge is 2.51. The van der Waals surface area contributed by atoms with Crippen molar-refractivity contribution >= 4 is 17.3 Å². The lowest BCUT2D eigenvalue weighted by molar-refractivity contribution is -0.118. The van der Waals surface area contributed by atoms with Gasteiger partial charge in [0.2, 0.25) is 5.91 Å². The van der Waals surface area contributed by atoms with Gasteiger partial charge in [-0.2, -0.15) is 0 Å². The summed E-state index contributed by atoms with van der Waals surface area (Å²) in [7, 11) is 1.74. The van der Waals surface area contributed by atoms with E-state index in [9.17, 15) is 15.0 Å². The van der Waals surface area contributed by atoms with E-state index in [4.69, 9.17) is 4.74 Å². The number of methoxy groups -OCH3 is 1. The fraction of sp³-hybridized carbons (Fsp3) is 0.500. The minimum atomic E-state index is -0.635. The van der Waals surface area contributed by atoms with E-state index in [0.29, 0.717) is 6.04 Å². The van der Waals surface area contributed by atoms with Crippen LogP contribution in [0.5, 0.6) is 11.5 Å². The lowest BCUT2D eigenvalue weighted by Crippen LogP contribution is -2.42. The van der Waals surface area contributed by atoms with E-state index in [2.05, 4.69) is 43.1 Å². The maximum absolute atomic E-state index is 13.2. The van der Waals surface area contributed by atoms with Crippen LogP contribution in [0.2, 0.25) is 0 Å². The van der Waals surface area contributed by atoms with Gasteiger partial charge in [-0.3, -0.25) is 4.79 Å². The average molecular weight is 439 g/mol. The molecule has 4 rings (SSSR count). The third-order valence-corrected chi connectivity index (χ3v) is 6.90. The molecule has 1 aliphatic heterocycles. The molecule has 172 valence electrons. The van der Waals surface area contributed by atoms with Gasteiger partial charge in [-0.1, -0.05) is 26.8 Å². The normalized spacial score (nSPS) is 19.0. The Labute approximate surface area is 190 Å². The summed E-state index contributed by atoms with van der Waals surface area (Å²) in [6.45, 7) is 8.52. The summed E-state index contributed by atoms with van der Waals surface area (Å²) in [6.07, 6.45) is 3.39. The van der Waals surface area contributed by atoms with Crippen LogP contribution in [0.4, 0.5) is 11.4 Å². The van der Waals surface area contributed by atoms with Crippen LogP contribution in [0.15, 0.2) is 36.4 Å². The van der Waals surface area contributed by atoms with E-state index in [1.807, 2.05) is 6.07 Å². The maximum Gasteiger partial charge on any atom is 0.235 e. The Bertz CT molecular complexity index is 1010. The summed E-state index contributed by atoms with van der Waals surface area (Å²) in [5.74, 6) is -0.433. The largest absolute Gasteiger partial charge is 0.504 e. The fourth-order valence-corrected chi connectivity index (χ4v) is 4.87. The first-order valence-electron chi connectivity index (χ1n) is 11.4. The molecule has 0 bridgehead atoms. The zero-order valence-electron chi connectivity index (χ0n) is 19.4. The number of phenols is 2. The van der Waals surface area contributed by atoms with Gasteiger partial charge in [0.25, 0.3) is 0 Å². The molecule has 2 aromatic rings. The number of hydrogen-bond acceptors (Lipinski definition) is 5. The molecule has 1 atom stereocenters. The van der Waals surface area contributed by atoms with Crippen molar-refractivity contribution in [3.8, 4) is 11.5 Å². The number of nitrogens with one attached hydrogen (secondary N) is 1. The summed E-state index contributed by atoms with van der Waals surface area (Å²) in [5.41, 5.74) is 3.53. The van der Waals surface area contributed by atoms with Gasteiger partial charge in [0, 0.05) is 37.7 Å². The van der Waals surface area contributed by atoms with Gasteiger partial charge in [0.15, 0.2) is 11.5 Å². The smallest absolute Gasteiger partial charge is 0.235 e. The number of carbonyl (C=O) groups excluding carboxylic acids is 1. The minimum absolute atomic E-state index is 0.0649. The highest BCUT2D eigenvalue weighted by Crippen LogP contribution is 2.50. The highest BCUT2D eigenvalue weighted by molar-refractivity contribution is 6.01. The molecule has 1 saturated carbocycles. The van der Waals surface area contributed by atoms with E-state index >= 15 is 0 Å². The first kappa shape index (κ1) is 22.5. The third kappa shape index (κ3) is 4.16. The summed E-state index contributed by atoms with van der Waals surface area (Å²) < 4.78 is 5.26. The van der Waals surface area contributed by atoms with Crippen molar-refractivity contribution in [3.63, 3.8) is 0 Å². The molecule has 0 spiro atoms. The Hall–Kier alpha value is -2.73. The maximum atomic E-state index is 13.2. The molecule has 6 heteroatoms. The molecule has 1 aliphatic carbocycles. The standard InChI is InChI=1S/C26H34N2O4/c1-25(2,3)23-15-17-14-19(7-8-20(17)28(23)12-5-13-32-4)27-24(31)26(10-11-26)18-6-9-21(29)22(30)16-18/h6-9,14,16,23,29-30H,5,10-13,15H2,1-4H3,(H,27,31). The van der Waals surface area contributed by atoms with Crippen LogP contribution in [-0.4, -0.2) is 42.4 Å². The number of fused-ring (bicyclic) bond motifs is 1. The molecule has 2 aliphatic rings. The third-order valence-electron chi connectivity index (χ3n) is 6.90. The van der Waals surface area contributed by atoms with Crippen LogP contribution in [0.1, 0.15) is 51.2 Å². The van der Waals surface area contributed by atoms with Gasteiger partial charge < -0.3 is 25.2 Å². The predicted molar refractivity (Wildman–Crippen MR) is 127 cm³/mol. The second-order valence-electron chi connectivity index (χ2n) is 10.2. The number of hydrogen-bond donors (Lipinski definition) is 3. The Morgan fingerprint density at radius 2 is 1.91 bits per heavy atom. The van der Waals surface area contributed by atoms with Gasteiger partial charge in [-0.25, -0.2) is 0 Å². The Morgan fingerprint density at radius 1 is 1.16 bits per heavy atom. The number of rotatable bonds is 7. The Morgan fingerprint density at radius 3 is 2.53 bits per heavy atom. The van der Waals surface area contributed by atoms with Gasteiger partial charge >= 0.3 is 0 Å². The molecule has 0 aromatic heterocycles. The second-order valence-corrected chi connectivity index (χ2v) is 10.2. The van der Waals surface area contributed by atoms with Crippen LogP contribution in [-0.2, 0) is 21.4 Å².